The van der Waals surface area contributed by atoms with Crippen LogP contribution in [-0.4, -0.2) is 28.2 Å². The molecular formula is C14H13N5O4. The highest BCUT2D eigenvalue weighted by molar-refractivity contribution is 5.74. The van der Waals surface area contributed by atoms with Crippen molar-refractivity contribution in [2.45, 2.75) is 0 Å². The summed E-state index contributed by atoms with van der Waals surface area (Å²) in [5.41, 5.74) is 0.345. The fourth-order valence-corrected chi connectivity index (χ4v) is 2.05. The van der Waals surface area contributed by atoms with Crippen molar-refractivity contribution in [2.24, 2.45) is 0 Å². The molecule has 0 bridgehead atoms. The molecule has 0 aliphatic carbocycles. The highest BCUT2D eigenvalue weighted by atomic mass is 16.7. The average Bonchev–Trinajstić information content (AvgIpc) is 3.00. The van der Waals surface area contributed by atoms with E-state index in [1.165, 1.54) is 6.33 Å². The molecule has 9 nitrogen and oxygen atoms in total. The smallest absolute Gasteiger partial charge is 0.353 e. The third-order valence-electron chi connectivity index (χ3n) is 3.05. The van der Waals surface area contributed by atoms with Crippen LogP contribution in [0.25, 0.3) is 0 Å². The highest BCUT2D eigenvalue weighted by Crippen LogP contribution is 2.37. The summed E-state index contributed by atoms with van der Waals surface area (Å²) in [4.78, 5) is 18.7. The summed E-state index contributed by atoms with van der Waals surface area (Å²) >= 11 is 0. The topological polar surface area (TPSA) is 111 Å². The SMILES string of the molecule is C=CCNc1ncnc(Nc2ccc3c(c2)OCO3)c1[N+](=O)[O-]. The molecule has 2 heterocycles. The number of rotatable bonds is 6. The van der Waals surface area contributed by atoms with Gasteiger partial charge in [-0.2, -0.15) is 0 Å². The third-order valence-corrected chi connectivity index (χ3v) is 3.05. The number of nitro groups is 1. The van der Waals surface area contributed by atoms with Crippen molar-refractivity contribution < 1.29 is 14.4 Å². The van der Waals surface area contributed by atoms with Gasteiger partial charge < -0.3 is 20.1 Å². The minimum atomic E-state index is -0.541. The maximum absolute atomic E-state index is 11.4. The Kier molecular flexibility index (Phi) is 3.91. The molecule has 23 heavy (non-hydrogen) atoms. The van der Waals surface area contributed by atoms with Gasteiger partial charge >= 0.3 is 5.69 Å². The van der Waals surface area contributed by atoms with Crippen molar-refractivity contribution in [3.8, 4) is 11.5 Å². The van der Waals surface area contributed by atoms with E-state index in [1.807, 2.05) is 0 Å². The Morgan fingerprint density at radius 2 is 2.09 bits per heavy atom. The molecule has 118 valence electrons. The van der Waals surface area contributed by atoms with E-state index in [-0.39, 0.29) is 24.1 Å². The molecule has 1 aromatic heterocycles. The molecule has 9 heteroatoms. The summed E-state index contributed by atoms with van der Waals surface area (Å²) < 4.78 is 10.5. The number of fused-ring (bicyclic) bond motifs is 1. The van der Waals surface area contributed by atoms with Crippen LogP contribution in [-0.2, 0) is 0 Å². The predicted molar refractivity (Wildman–Crippen MR) is 83.2 cm³/mol. The Morgan fingerprint density at radius 1 is 1.30 bits per heavy atom. The van der Waals surface area contributed by atoms with Crippen LogP contribution in [0.2, 0.25) is 0 Å². The molecule has 0 spiro atoms. The first-order chi connectivity index (χ1) is 11.2. The van der Waals surface area contributed by atoms with Crippen LogP contribution in [0.3, 0.4) is 0 Å². The molecule has 1 aromatic carbocycles. The monoisotopic (exact) mass is 315 g/mol. The number of aromatic nitrogens is 2. The second-order valence-electron chi connectivity index (χ2n) is 4.54. The lowest BCUT2D eigenvalue weighted by molar-refractivity contribution is -0.383. The van der Waals surface area contributed by atoms with E-state index in [0.29, 0.717) is 23.7 Å². The van der Waals surface area contributed by atoms with Crippen LogP contribution >= 0.6 is 0 Å². The molecule has 2 aromatic rings. The Hall–Kier alpha value is -3.36. The maximum atomic E-state index is 11.4. The second-order valence-corrected chi connectivity index (χ2v) is 4.54. The largest absolute Gasteiger partial charge is 0.454 e. The van der Waals surface area contributed by atoms with Crippen molar-refractivity contribution in [3.05, 3.63) is 47.3 Å². The van der Waals surface area contributed by atoms with E-state index >= 15 is 0 Å². The Morgan fingerprint density at radius 3 is 2.87 bits per heavy atom. The summed E-state index contributed by atoms with van der Waals surface area (Å²) in [5, 5.41) is 17.1. The molecular weight excluding hydrogens is 302 g/mol. The molecule has 0 radical (unpaired) electrons. The van der Waals surface area contributed by atoms with E-state index < -0.39 is 4.92 Å². The van der Waals surface area contributed by atoms with Crippen molar-refractivity contribution in [3.63, 3.8) is 0 Å². The van der Waals surface area contributed by atoms with Gasteiger partial charge in [0.05, 0.1) is 4.92 Å². The Bertz CT molecular complexity index is 765. The number of benzene rings is 1. The zero-order valence-corrected chi connectivity index (χ0v) is 12.0. The van der Waals surface area contributed by atoms with Crippen LogP contribution in [0.15, 0.2) is 37.2 Å². The van der Waals surface area contributed by atoms with Crippen molar-refractivity contribution in [2.75, 3.05) is 24.0 Å². The van der Waals surface area contributed by atoms with E-state index in [9.17, 15) is 10.1 Å². The minimum Gasteiger partial charge on any atom is -0.454 e. The van der Waals surface area contributed by atoms with Gasteiger partial charge in [0.1, 0.15) is 6.33 Å². The van der Waals surface area contributed by atoms with Gasteiger partial charge in [0.25, 0.3) is 0 Å². The van der Waals surface area contributed by atoms with Crippen molar-refractivity contribution in [1.29, 1.82) is 0 Å². The van der Waals surface area contributed by atoms with Gasteiger partial charge in [-0.3, -0.25) is 10.1 Å². The van der Waals surface area contributed by atoms with Crippen LogP contribution in [0.4, 0.5) is 23.0 Å². The zero-order chi connectivity index (χ0) is 16.2. The summed E-state index contributed by atoms with van der Waals surface area (Å²) in [5.74, 6) is 1.39. The van der Waals surface area contributed by atoms with Gasteiger partial charge in [-0.25, -0.2) is 9.97 Å². The van der Waals surface area contributed by atoms with E-state index in [2.05, 4.69) is 27.2 Å². The van der Waals surface area contributed by atoms with Gasteiger partial charge in [0.2, 0.25) is 18.4 Å². The van der Waals surface area contributed by atoms with Gasteiger partial charge in [-0.1, -0.05) is 6.08 Å². The zero-order valence-electron chi connectivity index (χ0n) is 12.0. The first-order valence-corrected chi connectivity index (χ1v) is 6.70. The quantitative estimate of drug-likeness (QED) is 0.475. The molecule has 0 fully saturated rings. The lowest BCUT2D eigenvalue weighted by atomic mass is 10.2. The summed E-state index contributed by atoms with van der Waals surface area (Å²) in [6.07, 6.45) is 2.82. The second kappa shape index (κ2) is 6.18. The van der Waals surface area contributed by atoms with Gasteiger partial charge in [-0.15, -0.1) is 6.58 Å². The molecule has 0 amide bonds. The van der Waals surface area contributed by atoms with Crippen LogP contribution in [0, 0.1) is 10.1 Å². The number of nitrogens with one attached hydrogen (secondary N) is 2. The summed E-state index contributed by atoms with van der Waals surface area (Å²) in [6, 6.07) is 5.12. The normalized spacial score (nSPS) is 11.8. The third kappa shape index (κ3) is 2.98. The fourth-order valence-electron chi connectivity index (χ4n) is 2.05. The number of hydrogen-bond acceptors (Lipinski definition) is 8. The van der Waals surface area contributed by atoms with E-state index in [1.54, 1.807) is 24.3 Å². The standard InChI is InChI=1S/C14H13N5O4/c1-2-5-15-13-12(19(20)21)14(17-7-16-13)18-9-3-4-10-11(6-9)23-8-22-10/h2-4,6-7H,1,5,8H2,(H2,15,16,17,18). The average molecular weight is 315 g/mol. The minimum absolute atomic E-state index is 0.0791. The van der Waals surface area contributed by atoms with Gasteiger partial charge in [0, 0.05) is 18.3 Å². The molecule has 0 unspecified atom stereocenters. The first-order valence-electron chi connectivity index (χ1n) is 6.70. The molecule has 1 aliphatic heterocycles. The molecule has 0 atom stereocenters. The summed E-state index contributed by atoms with van der Waals surface area (Å²) in [7, 11) is 0. The fraction of sp³-hybridized carbons (Fsp3) is 0.143. The number of anilines is 3. The summed E-state index contributed by atoms with van der Waals surface area (Å²) in [6.45, 7) is 4.06. The molecule has 2 N–H and O–H groups in total. The van der Waals surface area contributed by atoms with E-state index in [4.69, 9.17) is 9.47 Å². The first kappa shape index (κ1) is 14.6. The lowest BCUT2D eigenvalue weighted by Crippen LogP contribution is -2.08. The van der Waals surface area contributed by atoms with E-state index in [0.717, 1.165) is 0 Å². The molecule has 0 saturated heterocycles. The maximum Gasteiger partial charge on any atom is 0.353 e. The molecule has 1 aliphatic rings. The van der Waals surface area contributed by atoms with Crippen LogP contribution < -0.4 is 20.1 Å². The highest BCUT2D eigenvalue weighted by Gasteiger charge is 2.23. The number of ether oxygens (including phenoxy) is 2. The van der Waals surface area contributed by atoms with Gasteiger partial charge in [-0.05, 0) is 12.1 Å². The van der Waals surface area contributed by atoms with Crippen molar-refractivity contribution in [1.82, 2.24) is 9.97 Å². The Balaban J connectivity index is 1.92. The predicted octanol–water partition coefficient (Wildman–Crippen LogP) is 2.46. The molecule has 0 saturated carbocycles. The number of hydrogen-bond donors (Lipinski definition) is 2. The Labute approximate surface area is 131 Å². The van der Waals surface area contributed by atoms with Gasteiger partial charge in [0.15, 0.2) is 11.5 Å². The van der Waals surface area contributed by atoms with Crippen LogP contribution in [0.1, 0.15) is 0 Å². The molecule has 3 rings (SSSR count). The lowest BCUT2D eigenvalue weighted by Gasteiger charge is -2.09. The van der Waals surface area contributed by atoms with Crippen molar-refractivity contribution >= 4 is 23.0 Å². The van der Waals surface area contributed by atoms with Crippen LogP contribution in [0.5, 0.6) is 11.5 Å². The number of nitrogens with zero attached hydrogens (tertiary/aromatic N) is 3.